The van der Waals surface area contributed by atoms with Gasteiger partial charge in [0.15, 0.2) is 0 Å². The smallest absolute Gasteiger partial charge is 0.0419 e. The molecule has 0 amide bonds. The van der Waals surface area contributed by atoms with Crippen LogP contribution in [0.4, 0.5) is 11.4 Å². The molecule has 1 atom stereocenters. The minimum atomic E-state index is 0. The quantitative estimate of drug-likeness (QED) is 0.824. The molecular formula is C15H25Cl2N3. The fourth-order valence-electron chi connectivity index (χ4n) is 3.36. The molecule has 1 aromatic rings. The fraction of sp³-hybridized carbons (Fsp3) is 0.600. The van der Waals surface area contributed by atoms with E-state index < -0.39 is 0 Å². The minimum absolute atomic E-state index is 0. The van der Waals surface area contributed by atoms with Crippen LogP contribution in [-0.2, 0) is 6.42 Å². The summed E-state index contributed by atoms with van der Waals surface area (Å²) < 4.78 is 0. The summed E-state index contributed by atoms with van der Waals surface area (Å²) in [5.41, 5.74) is 10.2. The topological polar surface area (TPSA) is 41.3 Å². The van der Waals surface area contributed by atoms with E-state index in [1.54, 1.807) is 0 Å². The number of fused-ring (bicyclic) bond motifs is 1. The molecule has 1 fully saturated rings. The minimum Gasteiger partial charge on any atom is -0.398 e. The first kappa shape index (κ1) is 17.4. The number of anilines is 2. The molecule has 1 aromatic carbocycles. The van der Waals surface area contributed by atoms with Crippen molar-refractivity contribution < 1.29 is 0 Å². The Bertz CT molecular complexity index is 445. The molecule has 1 saturated heterocycles. The average molecular weight is 318 g/mol. The number of rotatable bonds is 2. The third-order valence-electron chi connectivity index (χ3n) is 4.41. The van der Waals surface area contributed by atoms with Crippen molar-refractivity contribution in [1.82, 2.24) is 5.32 Å². The van der Waals surface area contributed by atoms with Gasteiger partial charge in [-0.1, -0.05) is 13.0 Å². The Kier molecular flexibility index (Phi) is 5.99. The van der Waals surface area contributed by atoms with Crippen LogP contribution in [0.15, 0.2) is 18.2 Å². The van der Waals surface area contributed by atoms with Gasteiger partial charge in [-0.3, -0.25) is 0 Å². The van der Waals surface area contributed by atoms with Gasteiger partial charge in [-0.25, -0.2) is 0 Å². The number of nitrogens with one attached hydrogen (secondary N) is 1. The van der Waals surface area contributed by atoms with Crippen molar-refractivity contribution >= 4 is 36.2 Å². The number of halogens is 2. The fourth-order valence-corrected chi connectivity index (χ4v) is 3.36. The molecule has 0 saturated carbocycles. The Morgan fingerprint density at radius 3 is 2.85 bits per heavy atom. The second-order valence-electron chi connectivity index (χ2n) is 6.11. The van der Waals surface area contributed by atoms with Gasteiger partial charge in [0, 0.05) is 31.0 Å². The van der Waals surface area contributed by atoms with E-state index in [0.29, 0.717) is 5.41 Å². The molecule has 5 heteroatoms. The maximum atomic E-state index is 6.11. The Morgan fingerprint density at radius 2 is 2.15 bits per heavy atom. The molecule has 2 heterocycles. The molecule has 0 aromatic heterocycles. The van der Waals surface area contributed by atoms with E-state index in [9.17, 15) is 0 Å². The zero-order valence-electron chi connectivity index (χ0n) is 12.0. The van der Waals surface area contributed by atoms with Crippen molar-refractivity contribution in [2.24, 2.45) is 5.41 Å². The molecule has 20 heavy (non-hydrogen) atoms. The second kappa shape index (κ2) is 6.88. The van der Waals surface area contributed by atoms with E-state index in [-0.39, 0.29) is 24.8 Å². The van der Waals surface area contributed by atoms with Gasteiger partial charge in [0.05, 0.1) is 0 Å². The number of benzene rings is 1. The summed E-state index contributed by atoms with van der Waals surface area (Å²) >= 11 is 0. The van der Waals surface area contributed by atoms with Crippen molar-refractivity contribution in [1.29, 1.82) is 0 Å². The van der Waals surface area contributed by atoms with Gasteiger partial charge in [-0.05, 0) is 48.9 Å². The van der Waals surface area contributed by atoms with E-state index in [4.69, 9.17) is 5.73 Å². The van der Waals surface area contributed by atoms with Crippen molar-refractivity contribution in [3.8, 4) is 0 Å². The molecule has 0 radical (unpaired) electrons. The van der Waals surface area contributed by atoms with Crippen LogP contribution in [0.25, 0.3) is 0 Å². The predicted octanol–water partition coefficient (Wildman–Crippen LogP) is 2.86. The Balaban J connectivity index is 0.000001000. The predicted molar refractivity (Wildman–Crippen MR) is 91.5 cm³/mol. The van der Waals surface area contributed by atoms with Crippen LogP contribution >= 0.6 is 24.8 Å². The molecule has 0 bridgehead atoms. The number of nitrogens with zero attached hydrogens (tertiary/aromatic N) is 1. The Hall–Kier alpha value is -0.640. The lowest BCUT2D eigenvalue weighted by Gasteiger charge is -2.37. The summed E-state index contributed by atoms with van der Waals surface area (Å²) in [6, 6.07) is 6.35. The summed E-state index contributed by atoms with van der Waals surface area (Å²) in [6.07, 6.45) is 3.64. The highest BCUT2D eigenvalue weighted by molar-refractivity contribution is 5.85. The average Bonchev–Trinajstić information content (AvgIpc) is 2.77. The van der Waals surface area contributed by atoms with E-state index in [0.717, 1.165) is 31.7 Å². The number of nitrogens with two attached hydrogens (primary N) is 1. The number of hydrogen-bond donors (Lipinski definition) is 2. The molecule has 2 aliphatic rings. The molecule has 114 valence electrons. The van der Waals surface area contributed by atoms with Crippen molar-refractivity contribution in [2.75, 3.05) is 36.8 Å². The molecule has 3 N–H and O–H groups in total. The van der Waals surface area contributed by atoms with Crippen molar-refractivity contribution in [2.45, 2.75) is 26.2 Å². The SMILES string of the molecule is CC1(CN2CCCc3c(N)cccc32)CCNC1.Cl.Cl. The van der Waals surface area contributed by atoms with Gasteiger partial charge in [0.25, 0.3) is 0 Å². The van der Waals surface area contributed by atoms with Gasteiger partial charge in [0.2, 0.25) is 0 Å². The zero-order valence-corrected chi connectivity index (χ0v) is 13.7. The lowest BCUT2D eigenvalue weighted by molar-refractivity contribution is 0.361. The molecule has 3 rings (SSSR count). The largest absolute Gasteiger partial charge is 0.398 e. The van der Waals surface area contributed by atoms with Gasteiger partial charge < -0.3 is 16.0 Å². The third kappa shape index (κ3) is 3.33. The maximum absolute atomic E-state index is 6.11. The first-order valence-corrected chi connectivity index (χ1v) is 7.01. The highest BCUT2D eigenvalue weighted by Gasteiger charge is 2.32. The van der Waals surface area contributed by atoms with Crippen LogP contribution in [0.5, 0.6) is 0 Å². The zero-order chi connectivity index (χ0) is 12.6. The molecule has 0 spiro atoms. The van der Waals surface area contributed by atoms with E-state index in [2.05, 4.69) is 29.3 Å². The van der Waals surface area contributed by atoms with Crippen molar-refractivity contribution in [3.63, 3.8) is 0 Å². The molecule has 2 aliphatic heterocycles. The van der Waals surface area contributed by atoms with Gasteiger partial charge >= 0.3 is 0 Å². The lowest BCUT2D eigenvalue weighted by Crippen LogP contribution is -2.40. The second-order valence-corrected chi connectivity index (χ2v) is 6.11. The van der Waals surface area contributed by atoms with Crippen LogP contribution < -0.4 is 16.0 Å². The van der Waals surface area contributed by atoms with Crippen LogP contribution in [0, 0.1) is 5.41 Å². The molecule has 1 unspecified atom stereocenters. The summed E-state index contributed by atoms with van der Waals surface area (Å²) in [5.74, 6) is 0. The van der Waals surface area contributed by atoms with Crippen molar-refractivity contribution in [3.05, 3.63) is 23.8 Å². The van der Waals surface area contributed by atoms with E-state index in [1.807, 2.05) is 6.07 Å². The molecule has 0 aliphatic carbocycles. The molecular weight excluding hydrogens is 293 g/mol. The first-order chi connectivity index (χ1) is 8.68. The number of hydrogen-bond acceptors (Lipinski definition) is 3. The lowest BCUT2D eigenvalue weighted by atomic mass is 9.87. The van der Waals surface area contributed by atoms with Gasteiger partial charge in [-0.2, -0.15) is 0 Å². The van der Waals surface area contributed by atoms with Crippen LogP contribution in [0.3, 0.4) is 0 Å². The summed E-state index contributed by atoms with van der Waals surface area (Å²) in [6.45, 7) is 7.02. The van der Waals surface area contributed by atoms with Crippen LogP contribution in [0.2, 0.25) is 0 Å². The Labute approximate surface area is 134 Å². The van der Waals surface area contributed by atoms with E-state index in [1.165, 1.54) is 30.6 Å². The maximum Gasteiger partial charge on any atom is 0.0419 e. The first-order valence-electron chi connectivity index (χ1n) is 7.01. The summed E-state index contributed by atoms with van der Waals surface area (Å²) in [7, 11) is 0. The van der Waals surface area contributed by atoms with Crippen LogP contribution in [-0.4, -0.2) is 26.2 Å². The standard InChI is InChI=1S/C15H23N3.2ClH/c1-15(7-8-17-10-15)11-18-9-3-4-12-13(16)5-2-6-14(12)18;;/h2,5-6,17H,3-4,7-11,16H2,1H3;2*1H. The van der Waals surface area contributed by atoms with Crippen LogP contribution in [0.1, 0.15) is 25.3 Å². The Morgan fingerprint density at radius 1 is 1.35 bits per heavy atom. The monoisotopic (exact) mass is 317 g/mol. The summed E-state index contributed by atoms with van der Waals surface area (Å²) in [4.78, 5) is 2.54. The summed E-state index contributed by atoms with van der Waals surface area (Å²) in [5, 5.41) is 3.49. The molecule has 3 nitrogen and oxygen atoms in total. The number of nitrogen functional groups attached to an aromatic ring is 1. The van der Waals surface area contributed by atoms with E-state index >= 15 is 0 Å². The van der Waals surface area contributed by atoms with Gasteiger partial charge in [0.1, 0.15) is 0 Å². The van der Waals surface area contributed by atoms with Gasteiger partial charge in [-0.15, -0.1) is 24.8 Å². The highest BCUT2D eigenvalue weighted by Crippen LogP contribution is 2.35. The highest BCUT2D eigenvalue weighted by atomic mass is 35.5. The normalized spacial score (nSPS) is 24.6. The third-order valence-corrected chi connectivity index (χ3v) is 4.41.